The molecule has 0 unspecified atom stereocenters. The molecular weight excluding hydrogens is 342 g/mol. The van der Waals surface area contributed by atoms with Gasteiger partial charge in [0, 0.05) is 0 Å². The summed E-state index contributed by atoms with van der Waals surface area (Å²) in [5, 5.41) is 0. The van der Waals surface area contributed by atoms with Gasteiger partial charge in [0.2, 0.25) is 5.82 Å². The lowest BCUT2D eigenvalue weighted by Crippen LogP contribution is -2.25. The Morgan fingerprint density at radius 2 is 1.56 bits per heavy atom. The van der Waals surface area contributed by atoms with Crippen molar-refractivity contribution in [2.45, 2.75) is 77.0 Å². The zero-order valence-electron chi connectivity index (χ0n) is 16.9. The van der Waals surface area contributed by atoms with Crippen molar-refractivity contribution < 1.29 is 13.5 Å². The first-order valence-electron chi connectivity index (χ1n) is 10.8. The van der Waals surface area contributed by atoms with Gasteiger partial charge in [-0.25, -0.2) is 4.39 Å². The molecule has 0 radical (unpaired) electrons. The van der Waals surface area contributed by atoms with Crippen LogP contribution >= 0.6 is 0 Å². The van der Waals surface area contributed by atoms with Gasteiger partial charge in [-0.15, -0.1) is 0 Å². The molecule has 27 heavy (non-hydrogen) atoms. The molecule has 2 fully saturated rings. The summed E-state index contributed by atoms with van der Waals surface area (Å²) in [5.74, 6) is 0.973. The van der Waals surface area contributed by atoms with Crippen LogP contribution in [0.1, 0.15) is 82.6 Å². The maximum atomic E-state index is 14.4. The van der Waals surface area contributed by atoms with Gasteiger partial charge >= 0.3 is 0 Å². The van der Waals surface area contributed by atoms with Crippen molar-refractivity contribution in [2.24, 2.45) is 17.8 Å². The van der Waals surface area contributed by atoms with Crippen LogP contribution < -0.4 is 4.74 Å². The van der Waals surface area contributed by atoms with Crippen LogP contribution in [0.5, 0.6) is 5.75 Å². The van der Waals surface area contributed by atoms with Crippen molar-refractivity contribution in [1.29, 1.82) is 0 Å². The SMILES string of the molecule is CCC/C=C/C1CCC(C2CCC(c3ccc(OC)c(F)c3F)CC2)CC1. The maximum absolute atomic E-state index is 14.4. The van der Waals surface area contributed by atoms with E-state index in [0.717, 1.165) is 43.4 Å². The Hall–Kier alpha value is -1.38. The third-order valence-corrected chi connectivity index (χ3v) is 6.86. The minimum Gasteiger partial charge on any atom is -0.494 e. The lowest BCUT2D eigenvalue weighted by Gasteiger charge is -2.37. The van der Waals surface area contributed by atoms with E-state index >= 15 is 0 Å². The van der Waals surface area contributed by atoms with Crippen molar-refractivity contribution in [3.63, 3.8) is 0 Å². The van der Waals surface area contributed by atoms with Crippen LogP contribution in [0.2, 0.25) is 0 Å². The summed E-state index contributed by atoms with van der Waals surface area (Å²) in [6, 6.07) is 3.28. The second-order valence-corrected chi connectivity index (χ2v) is 8.49. The average molecular weight is 377 g/mol. The fourth-order valence-corrected chi connectivity index (χ4v) is 5.19. The van der Waals surface area contributed by atoms with Crippen molar-refractivity contribution in [3.05, 3.63) is 41.5 Å². The first kappa shape index (κ1) is 20.4. The summed E-state index contributed by atoms with van der Waals surface area (Å²) < 4.78 is 33.3. The number of methoxy groups -OCH3 is 1. The van der Waals surface area contributed by atoms with Crippen LogP contribution in [0.25, 0.3) is 0 Å². The Bertz CT molecular complexity index is 624. The predicted molar refractivity (Wildman–Crippen MR) is 107 cm³/mol. The molecule has 1 nitrogen and oxygen atoms in total. The largest absolute Gasteiger partial charge is 0.494 e. The fraction of sp³-hybridized carbons (Fsp3) is 0.667. The normalized spacial score (nSPS) is 29.2. The van der Waals surface area contributed by atoms with E-state index in [0.29, 0.717) is 5.56 Å². The summed E-state index contributed by atoms with van der Waals surface area (Å²) in [5.41, 5.74) is 0.538. The third-order valence-electron chi connectivity index (χ3n) is 6.86. The van der Waals surface area contributed by atoms with Crippen LogP contribution in [0.4, 0.5) is 8.78 Å². The molecule has 3 rings (SSSR count). The summed E-state index contributed by atoms with van der Waals surface area (Å²) in [6.07, 6.45) is 16.8. The minimum absolute atomic E-state index is 0.00492. The average Bonchev–Trinajstić information content (AvgIpc) is 2.71. The van der Waals surface area contributed by atoms with Crippen LogP contribution in [0.15, 0.2) is 24.3 Å². The Balaban J connectivity index is 1.51. The zero-order chi connectivity index (χ0) is 19.2. The first-order chi connectivity index (χ1) is 13.1. The van der Waals surface area contributed by atoms with Crippen molar-refractivity contribution in [2.75, 3.05) is 7.11 Å². The second-order valence-electron chi connectivity index (χ2n) is 8.49. The number of unbranched alkanes of at least 4 members (excludes halogenated alkanes) is 1. The predicted octanol–water partition coefficient (Wildman–Crippen LogP) is 7.41. The van der Waals surface area contributed by atoms with Crippen LogP contribution in [0, 0.1) is 29.4 Å². The molecule has 0 N–H and O–H groups in total. The number of hydrogen-bond acceptors (Lipinski definition) is 1. The highest BCUT2D eigenvalue weighted by Crippen LogP contribution is 2.45. The van der Waals surface area contributed by atoms with Gasteiger partial charge in [0.15, 0.2) is 11.6 Å². The number of halogens is 2. The highest BCUT2D eigenvalue weighted by molar-refractivity contribution is 5.33. The van der Waals surface area contributed by atoms with E-state index in [-0.39, 0.29) is 11.7 Å². The first-order valence-corrected chi connectivity index (χ1v) is 10.8. The van der Waals surface area contributed by atoms with E-state index in [2.05, 4.69) is 19.1 Å². The van der Waals surface area contributed by atoms with Gasteiger partial charge in [-0.2, -0.15) is 4.39 Å². The highest BCUT2D eigenvalue weighted by atomic mass is 19.2. The van der Waals surface area contributed by atoms with E-state index < -0.39 is 11.6 Å². The number of benzene rings is 1. The molecule has 2 aliphatic rings. The smallest absolute Gasteiger partial charge is 0.200 e. The Labute approximate surface area is 163 Å². The monoisotopic (exact) mass is 376 g/mol. The molecule has 1 aromatic rings. The Kier molecular flexibility index (Phi) is 7.32. The molecule has 0 saturated heterocycles. The van der Waals surface area contributed by atoms with Crippen molar-refractivity contribution in [3.8, 4) is 5.75 Å². The molecular formula is C24H34F2O. The highest BCUT2D eigenvalue weighted by Gasteiger charge is 2.32. The van der Waals surface area contributed by atoms with Gasteiger partial charge in [-0.3, -0.25) is 0 Å². The number of rotatable bonds is 6. The molecule has 0 aromatic heterocycles. The standard InChI is InChI=1S/C24H34F2O/c1-3-4-5-6-17-7-9-18(10-8-17)19-11-13-20(14-12-19)21-15-16-22(27-2)24(26)23(21)25/h5-6,15-20H,3-4,7-14H2,1-2H3/b6-5+. The van der Waals surface area contributed by atoms with Crippen LogP contribution in [-0.4, -0.2) is 7.11 Å². The van der Waals surface area contributed by atoms with E-state index in [1.165, 1.54) is 45.6 Å². The van der Waals surface area contributed by atoms with E-state index in [1.807, 2.05) is 0 Å². The summed E-state index contributed by atoms with van der Waals surface area (Å²) in [7, 11) is 1.37. The van der Waals surface area contributed by atoms with Crippen LogP contribution in [0.3, 0.4) is 0 Å². The number of ether oxygens (including phenoxy) is 1. The molecule has 3 heteroatoms. The summed E-state index contributed by atoms with van der Waals surface area (Å²) in [4.78, 5) is 0. The minimum atomic E-state index is -0.841. The van der Waals surface area contributed by atoms with E-state index in [1.54, 1.807) is 12.1 Å². The molecule has 2 aliphatic carbocycles. The molecule has 2 saturated carbocycles. The van der Waals surface area contributed by atoms with E-state index in [4.69, 9.17) is 4.74 Å². The van der Waals surface area contributed by atoms with Crippen LogP contribution in [-0.2, 0) is 0 Å². The topological polar surface area (TPSA) is 9.23 Å². The van der Waals surface area contributed by atoms with Gasteiger partial charge in [0.25, 0.3) is 0 Å². The molecule has 1 aromatic carbocycles. The van der Waals surface area contributed by atoms with Gasteiger partial charge in [0.05, 0.1) is 7.11 Å². The van der Waals surface area contributed by atoms with E-state index in [9.17, 15) is 8.78 Å². The number of hydrogen-bond donors (Lipinski definition) is 0. The van der Waals surface area contributed by atoms with Gasteiger partial charge in [-0.05, 0) is 93.1 Å². The van der Waals surface area contributed by atoms with Crippen molar-refractivity contribution in [1.82, 2.24) is 0 Å². The summed E-state index contributed by atoms with van der Waals surface area (Å²) in [6.45, 7) is 2.23. The third kappa shape index (κ3) is 4.92. The Morgan fingerprint density at radius 1 is 0.926 bits per heavy atom. The summed E-state index contributed by atoms with van der Waals surface area (Å²) >= 11 is 0. The molecule has 0 bridgehead atoms. The molecule has 0 aliphatic heterocycles. The maximum Gasteiger partial charge on any atom is 0.200 e. The zero-order valence-corrected chi connectivity index (χ0v) is 16.9. The molecule has 0 heterocycles. The van der Waals surface area contributed by atoms with Gasteiger partial charge in [0.1, 0.15) is 0 Å². The Morgan fingerprint density at radius 3 is 2.15 bits per heavy atom. The van der Waals surface area contributed by atoms with Gasteiger partial charge in [-0.1, -0.05) is 31.6 Å². The molecule has 0 amide bonds. The van der Waals surface area contributed by atoms with Crippen molar-refractivity contribution >= 4 is 0 Å². The molecule has 0 spiro atoms. The van der Waals surface area contributed by atoms with Gasteiger partial charge < -0.3 is 4.74 Å². The lowest BCUT2D eigenvalue weighted by atomic mass is 9.68. The fourth-order valence-electron chi connectivity index (χ4n) is 5.19. The lowest BCUT2D eigenvalue weighted by molar-refractivity contribution is 0.170. The quantitative estimate of drug-likeness (QED) is 0.470. The number of allylic oxidation sites excluding steroid dienone is 2. The molecule has 150 valence electrons. The second kappa shape index (κ2) is 9.71. The molecule has 0 atom stereocenters.